The van der Waals surface area contributed by atoms with E-state index in [0.717, 1.165) is 72.5 Å². The number of H-pyrrole nitrogens is 1. The molecule has 1 amide bonds. The second kappa shape index (κ2) is 12.2. The fourth-order valence-electron chi connectivity index (χ4n) is 6.26. The molecule has 1 atom stereocenters. The van der Waals surface area contributed by atoms with E-state index in [9.17, 15) is 9.59 Å². The average molecular weight is 562 g/mol. The average Bonchev–Trinajstić information content (AvgIpc) is 3.69. The number of carbonyl (C=O) groups is 1. The number of ether oxygens (including phenoxy) is 1. The van der Waals surface area contributed by atoms with Crippen molar-refractivity contribution in [2.45, 2.75) is 77.4 Å². The Hall–Kier alpha value is -3.04. The Labute approximate surface area is 239 Å². The molecule has 2 aromatic heterocycles. The van der Waals surface area contributed by atoms with Crippen molar-refractivity contribution in [2.24, 2.45) is 11.8 Å². The van der Waals surface area contributed by atoms with Gasteiger partial charge in [-0.3, -0.25) is 14.6 Å². The molecule has 2 fully saturated rings. The highest BCUT2D eigenvalue weighted by Crippen LogP contribution is 2.32. The minimum absolute atomic E-state index is 0.0634. The topological polar surface area (TPSA) is 100 Å². The summed E-state index contributed by atoms with van der Waals surface area (Å²) in [6, 6.07) is 9.49. The van der Waals surface area contributed by atoms with Gasteiger partial charge in [0, 0.05) is 36.0 Å². The number of hydrogen-bond donors (Lipinski definition) is 2. The van der Waals surface area contributed by atoms with Crippen molar-refractivity contribution >= 4 is 17.2 Å². The van der Waals surface area contributed by atoms with Crippen LogP contribution in [0.15, 0.2) is 35.1 Å². The van der Waals surface area contributed by atoms with Crippen molar-refractivity contribution in [3.05, 3.63) is 73.1 Å². The number of likely N-dealkylation sites (tertiary alicyclic amines) is 1. The summed E-state index contributed by atoms with van der Waals surface area (Å²) in [5, 5.41) is 10.7. The van der Waals surface area contributed by atoms with E-state index in [0.29, 0.717) is 24.5 Å². The summed E-state index contributed by atoms with van der Waals surface area (Å²) in [5.41, 5.74) is 5.43. The predicted molar refractivity (Wildman–Crippen MR) is 156 cm³/mol. The van der Waals surface area contributed by atoms with Gasteiger partial charge in [0.05, 0.1) is 0 Å². The van der Waals surface area contributed by atoms with E-state index in [1.807, 2.05) is 31.2 Å². The molecule has 1 aliphatic heterocycles. The fourth-order valence-corrected chi connectivity index (χ4v) is 6.92. The molecule has 2 N–H and O–H groups in total. The number of benzene rings is 1. The highest BCUT2D eigenvalue weighted by molar-refractivity contribution is 7.08. The van der Waals surface area contributed by atoms with Crippen LogP contribution in [0.5, 0.6) is 5.75 Å². The van der Waals surface area contributed by atoms with Gasteiger partial charge in [0.2, 0.25) is 0 Å². The number of piperidine rings is 1. The lowest BCUT2D eigenvalue weighted by Crippen LogP contribution is -2.46. The molecule has 3 heterocycles. The van der Waals surface area contributed by atoms with Crippen LogP contribution >= 0.6 is 11.3 Å². The third kappa shape index (κ3) is 6.81. The minimum atomic E-state index is -0.155. The lowest BCUT2D eigenvalue weighted by molar-refractivity contribution is 0.0892. The van der Waals surface area contributed by atoms with Crippen LogP contribution < -0.4 is 14.9 Å². The first-order valence-electron chi connectivity index (χ1n) is 14.8. The Balaban J connectivity index is 1.08. The van der Waals surface area contributed by atoms with Crippen molar-refractivity contribution in [3.63, 3.8) is 0 Å². The number of pyridine rings is 1. The number of aromatic amines is 1. The monoisotopic (exact) mass is 561 g/mol. The Bertz CT molecular complexity index is 1370. The summed E-state index contributed by atoms with van der Waals surface area (Å²) >= 11 is 1.13. The van der Waals surface area contributed by atoms with Crippen LogP contribution in [0.4, 0.5) is 0 Å². The van der Waals surface area contributed by atoms with Crippen molar-refractivity contribution in [2.75, 3.05) is 19.6 Å². The maximum atomic E-state index is 13.3. The Kier molecular flexibility index (Phi) is 8.30. The van der Waals surface area contributed by atoms with Gasteiger partial charge < -0.3 is 15.0 Å². The summed E-state index contributed by atoms with van der Waals surface area (Å²) in [5.74, 6) is 1.89. The predicted octanol–water partition coefficient (Wildman–Crippen LogP) is 4.46. The largest absolute Gasteiger partial charge is 0.489 e. The second-order valence-corrected chi connectivity index (χ2v) is 12.8. The summed E-state index contributed by atoms with van der Waals surface area (Å²) in [6.45, 7) is 5.89. The van der Waals surface area contributed by atoms with Crippen LogP contribution in [0.25, 0.3) is 0 Å². The van der Waals surface area contributed by atoms with E-state index in [-0.39, 0.29) is 16.8 Å². The van der Waals surface area contributed by atoms with Gasteiger partial charge >= 0.3 is 4.87 Å². The summed E-state index contributed by atoms with van der Waals surface area (Å²) in [7, 11) is 0. The van der Waals surface area contributed by atoms with E-state index in [1.54, 1.807) is 0 Å². The number of rotatable bonds is 10. The van der Waals surface area contributed by atoms with Gasteiger partial charge in [-0.25, -0.2) is 5.10 Å². The number of nitrogens with zero attached hydrogens (tertiary/aromatic N) is 3. The van der Waals surface area contributed by atoms with Crippen molar-refractivity contribution in [1.29, 1.82) is 0 Å². The molecular weight excluding hydrogens is 522 g/mol. The van der Waals surface area contributed by atoms with Gasteiger partial charge in [-0.15, -0.1) is 0 Å². The molecule has 9 heteroatoms. The molecule has 212 valence electrons. The van der Waals surface area contributed by atoms with Crippen LogP contribution in [0.2, 0.25) is 0 Å². The number of aromatic nitrogens is 3. The molecule has 6 rings (SSSR count). The maximum absolute atomic E-state index is 13.3. The number of hydrogen-bond acceptors (Lipinski definition) is 7. The van der Waals surface area contributed by atoms with Crippen molar-refractivity contribution in [1.82, 2.24) is 25.4 Å². The van der Waals surface area contributed by atoms with E-state index in [2.05, 4.69) is 26.5 Å². The zero-order chi connectivity index (χ0) is 27.5. The molecule has 8 nitrogen and oxygen atoms in total. The van der Waals surface area contributed by atoms with Crippen LogP contribution in [0.3, 0.4) is 0 Å². The minimum Gasteiger partial charge on any atom is -0.489 e. The molecule has 40 heavy (non-hydrogen) atoms. The fraction of sp³-hybridized carbons (Fsp3) is 0.548. The van der Waals surface area contributed by atoms with E-state index >= 15 is 0 Å². The molecule has 2 aliphatic carbocycles. The van der Waals surface area contributed by atoms with E-state index < -0.39 is 0 Å². The summed E-state index contributed by atoms with van der Waals surface area (Å²) in [4.78, 5) is 32.2. The first kappa shape index (κ1) is 27.1. The van der Waals surface area contributed by atoms with Crippen molar-refractivity contribution in [3.8, 4) is 5.75 Å². The van der Waals surface area contributed by atoms with Crippen molar-refractivity contribution < 1.29 is 9.53 Å². The summed E-state index contributed by atoms with van der Waals surface area (Å²) < 4.78 is 6.14. The standard InChI is InChI=1S/C31H39N5O3S/c1-20-16-24(26-4-2-3-5-27(26)32-20)19-39-25-10-8-23(9-11-25)30(37)33-28(17-29-34-35-31(38)40-29)22-12-14-36(15-13-22)18-21-6-7-21/h8-11,16,21-22,28H,2-7,12-15,17-19H2,1H3,(H,33,37)(H,35,38). The maximum Gasteiger partial charge on any atom is 0.322 e. The highest BCUT2D eigenvalue weighted by atomic mass is 32.1. The Morgan fingerprint density at radius 1 is 1.15 bits per heavy atom. The normalized spacial score (nSPS) is 18.7. The quantitative estimate of drug-likeness (QED) is 0.379. The number of nitrogens with one attached hydrogen (secondary N) is 2. The number of aryl methyl sites for hydroxylation is 2. The van der Waals surface area contributed by atoms with Crippen LogP contribution in [-0.4, -0.2) is 51.7 Å². The van der Waals surface area contributed by atoms with Gasteiger partial charge in [-0.05, 0) is 125 Å². The van der Waals surface area contributed by atoms with Gasteiger partial charge in [-0.1, -0.05) is 11.3 Å². The van der Waals surface area contributed by atoms with Crippen LogP contribution in [-0.2, 0) is 25.9 Å². The molecule has 1 saturated heterocycles. The molecular formula is C31H39N5O3S. The van der Waals surface area contributed by atoms with Gasteiger partial charge in [0.15, 0.2) is 0 Å². The smallest absolute Gasteiger partial charge is 0.322 e. The molecule has 1 unspecified atom stereocenters. The molecule has 0 bridgehead atoms. The lowest BCUT2D eigenvalue weighted by Gasteiger charge is -2.36. The first-order chi connectivity index (χ1) is 19.5. The van der Waals surface area contributed by atoms with Crippen LogP contribution in [0, 0.1) is 18.8 Å². The molecule has 1 aromatic carbocycles. The molecule has 0 radical (unpaired) electrons. The van der Waals surface area contributed by atoms with Gasteiger partial charge in [0.1, 0.15) is 17.4 Å². The third-order valence-corrected chi connectivity index (χ3v) is 9.41. The zero-order valence-electron chi connectivity index (χ0n) is 23.3. The van der Waals surface area contributed by atoms with Crippen LogP contribution in [0.1, 0.15) is 76.4 Å². The SMILES string of the molecule is Cc1cc(COc2ccc(C(=O)NC(Cc3n[nH]c(=O)s3)C3CCN(CC4CC4)CC3)cc2)c2c(n1)CCCC2. The zero-order valence-corrected chi connectivity index (χ0v) is 24.1. The Morgan fingerprint density at radius 2 is 1.93 bits per heavy atom. The molecule has 3 aliphatic rings. The molecule has 3 aromatic rings. The number of amides is 1. The molecule has 0 spiro atoms. The number of fused-ring (bicyclic) bond motifs is 1. The lowest BCUT2D eigenvalue weighted by atomic mass is 9.87. The molecule has 1 saturated carbocycles. The number of carbonyl (C=O) groups excluding carboxylic acids is 1. The highest BCUT2D eigenvalue weighted by Gasteiger charge is 2.31. The first-order valence-corrected chi connectivity index (χ1v) is 15.6. The third-order valence-electron chi connectivity index (χ3n) is 8.64. The van der Waals surface area contributed by atoms with Gasteiger partial charge in [-0.2, -0.15) is 5.10 Å². The Morgan fingerprint density at radius 3 is 2.65 bits per heavy atom. The van der Waals surface area contributed by atoms with Gasteiger partial charge in [0.25, 0.3) is 5.91 Å². The summed E-state index contributed by atoms with van der Waals surface area (Å²) in [6.07, 6.45) is 9.91. The van der Waals surface area contributed by atoms with E-state index in [4.69, 9.17) is 9.72 Å². The van der Waals surface area contributed by atoms with E-state index in [1.165, 1.54) is 49.0 Å². The second-order valence-electron chi connectivity index (χ2n) is 11.7.